The average molecular weight is 343 g/mol. The highest BCUT2D eigenvalue weighted by atomic mass is 32.1. The Hall–Kier alpha value is -3.07. The van der Waals surface area contributed by atoms with Crippen molar-refractivity contribution < 1.29 is 9.72 Å². The maximum atomic E-state index is 12.1. The number of carbonyl (C=O) groups excluding carboxylic acids is 1. The number of hydrogen-bond acceptors (Lipinski definition) is 6. The minimum Gasteiger partial charge on any atom is -0.350 e. The third kappa shape index (κ3) is 3.63. The molecular formula is C15H13N5O3S. The molecule has 1 amide bonds. The molecule has 0 atom stereocenters. The zero-order valence-corrected chi connectivity index (χ0v) is 13.2. The van der Waals surface area contributed by atoms with Gasteiger partial charge in [0.05, 0.1) is 22.3 Å². The number of thiazole rings is 1. The normalized spacial score (nSPS) is 10.5. The molecule has 0 aliphatic heterocycles. The standard InChI is InChI=1S/C15H13N5O3S/c21-15(16-5-4-11-8-24-9-18-11)13-7-17-14(19-13)10-2-1-3-12(6-10)20(22)23/h1-3,6-9H,4-5H2,(H,16,21)(H,17,19). The van der Waals surface area contributed by atoms with E-state index in [1.165, 1.54) is 29.7 Å². The van der Waals surface area contributed by atoms with Crippen LogP contribution in [-0.2, 0) is 6.42 Å². The molecule has 3 aromatic rings. The van der Waals surface area contributed by atoms with Crippen molar-refractivity contribution in [3.8, 4) is 11.4 Å². The quantitative estimate of drug-likeness (QED) is 0.527. The Kier molecular flexibility index (Phi) is 4.62. The van der Waals surface area contributed by atoms with E-state index in [1.807, 2.05) is 5.38 Å². The van der Waals surface area contributed by atoms with Gasteiger partial charge in [0.25, 0.3) is 11.6 Å². The van der Waals surface area contributed by atoms with Crippen LogP contribution in [0, 0.1) is 10.1 Å². The van der Waals surface area contributed by atoms with Crippen molar-refractivity contribution in [1.82, 2.24) is 20.3 Å². The molecule has 9 heteroatoms. The molecule has 0 unspecified atom stereocenters. The van der Waals surface area contributed by atoms with Crippen molar-refractivity contribution in [3.05, 3.63) is 62.9 Å². The number of nitrogens with zero attached hydrogens (tertiary/aromatic N) is 3. The largest absolute Gasteiger partial charge is 0.350 e. The average Bonchev–Trinajstić information content (AvgIpc) is 3.26. The first kappa shape index (κ1) is 15.8. The van der Waals surface area contributed by atoms with E-state index >= 15 is 0 Å². The third-order valence-corrected chi connectivity index (χ3v) is 3.94. The molecule has 0 aliphatic carbocycles. The highest BCUT2D eigenvalue weighted by Gasteiger charge is 2.13. The molecule has 0 bridgehead atoms. The van der Waals surface area contributed by atoms with E-state index in [0.29, 0.717) is 30.0 Å². The van der Waals surface area contributed by atoms with Crippen LogP contribution in [0.5, 0.6) is 0 Å². The number of rotatable bonds is 6. The number of hydrogen-bond donors (Lipinski definition) is 2. The molecule has 0 aliphatic rings. The number of nitrogens with one attached hydrogen (secondary N) is 2. The second-order valence-electron chi connectivity index (χ2n) is 4.94. The molecule has 0 radical (unpaired) electrons. The van der Waals surface area contributed by atoms with Gasteiger partial charge in [-0.15, -0.1) is 11.3 Å². The van der Waals surface area contributed by atoms with Crippen molar-refractivity contribution in [1.29, 1.82) is 0 Å². The molecule has 0 saturated carbocycles. The van der Waals surface area contributed by atoms with Crippen LogP contribution in [0.15, 0.2) is 41.4 Å². The van der Waals surface area contributed by atoms with Gasteiger partial charge in [-0.05, 0) is 0 Å². The summed E-state index contributed by atoms with van der Waals surface area (Å²) in [4.78, 5) is 33.6. The summed E-state index contributed by atoms with van der Waals surface area (Å²) in [7, 11) is 0. The fourth-order valence-electron chi connectivity index (χ4n) is 2.11. The fourth-order valence-corrected chi connectivity index (χ4v) is 2.70. The second kappa shape index (κ2) is 7.01. The number of imidazole rings is 1. The summed E-state index contributed by atoms with van der Waals surface area (Å²) < 4.78 is 0. The third-order valence-electron chi connectivity index (χ3n) is 3.30. The molecule has 0 spiro atoms. The lowest BCUT2D eigenvalue weighted by Crippen LogP contribution is -2.26. The van der Waals surface area contributed by atoms with E-state index in [0.717, 1.165) is 5.69 Å². The lowest BCUT2D eigenvalue weighted by atomic mass is 10.2. The molecule has 24 heavy (non-hydrogen) atoms. The highest BCUT2D eigenvalue weighted by Crippen LogP contribution is 2.21. The molecular weight excluding hydrogens is 330 g/mol. The molecule has 0 fully saturated rings. The highest BCUT2D eigenvalue weighted by molar-refractivity contribution is 7.07. The van der Waals surface area contributed by atoms with Gasteiger partial charge in [0.2, 0.25) is 0 Å². The topological polar surface area (TPSA) is 114 Å². The summed E-state index contributed by atoms with van der Waals surface area (Å²) in [6.45, 7) is 0.466. The Labute approximate surface area is 140 Å². The number of H-pyrrole nitrogens is 1. The zero-order valence-electron chi connectivity index (χ0n) is 12.4. The Morgan fingerprint density at radius 3 is 3.00 bits per heavy atom. The molecule has 2 aromatic heterocycles. The number of aromatic amines is 1. The van der Waals surface area contributed by atoms with Gasteiger partial charge in [-0.25, -0.2) is 9.97 Å². The van der Waals surface area contributed by atoms with Gasteiger partial charge in [0.15, 0.2) is 0 Å². The van der Waals surface area contributed by atoms with E-state index in [4.69, 9.17) is 0 Å². The Bertz CT molecular complexity index is 860. The SMILES string of the molecule is O=C(NCCc1cscn1)c1cnc(-c2cccc([N+](=O)[O-])c2)[nH]1. The second-order valence-corrected chi connectivity index (χ2v) is 5.66. The van der Waals surface area contributed by atoms with Crippen molar-refractivity contribution in [2.45, 2.75) is 6.42 Å². The first-order valence-electron chi connectivity index (χ1n) is 7.08. The number of nitro groups is 1. The van der Waals surface area contributed by atoms with Crippen LogP contribution in [-0.4, -0.2) is 32.3 Å². The summed E-state index contributed by atoms with van der Waals surface area (Å²) >= 11 is 1.51. The minimum absolute atomic E-state index is 0.0295. The van der Waals surface area contributed by atoms with Gasteiger partial charge >= 0.3 is 0 Å². The van der Waals surface area contributed by atoms with Crippen LogP contribution in [0.1, 0.15) is 16.2 Å². The first-order chi connectivity index (χ1) is 11.6. The monoisotopic (exact) mass is 343 g/mol. The van der Waals surface area contributed by atoms with Crippen LogP contribution >= 0.6 is 11.3 Å². The molecule has 8 nitrogen and oxygen atoms in total. The first-order valence-corrected chi connectivity index (χ1v) is 8.03. The smallest absolute Gasteiger partial charge is 0.270 e. The summed E-state index contributed by atoms with van der Waals surface area (Å²) in [6, 6.07) is 6.07. The van der Waals surface area contributed by atoms with Gasteiger partial charge in [-0.1, -0.05) is 12.1 Å². The number of benzene rings is 1. The van der Waals surface area contributed by atoms with E-state index in [2.05, 4.69) is 20.3 Å². The molecule has 122 valence electrons. The van der Waals surface area contributed by atoms with Crippen LogP contribution in [0.2, 0.25) is 0 Å². The summed E-state index contributed by atoms with van der Waals surface area (Å²) in [5, 5.41) is 15.5. The van der Waals surface area contributed by atoms with Gasteiger partial charge < -0.3 is 10.3 Å². The zero-order chi connectivity index (χ0) is 16.9. The number of aromatic nitrogens is 3. The lowest BCUT2D eigenvalue weighted by Gasteiger charge is -2.01. The molecule has 3 rings (SSSR count). The maximum Gasteiger partial charge on any atom is 0.270 e. The van der Waals surface area contributed by atoms with Crippen LogP contribution < -0.4 is 5.32 Å². The van der Waals surface area contributed by atoms with E-state index < -0.39 is 4.92 Å². The Morgan fingerprint density at radius 1 is 1.38 bits per heavy atom. The van der Waals surface area contributed by atoms with Crippen molar-refractivity contribution in [2.75, 3.05) is 6.54 Å². The predicted molar refractivity (Wildman–Crippen MR) is 88.8 cm³/mol. The summed E-state index contributed by atoms with van der Waals surface area (Å²) in [6.07, 6.45) is 2.06. The molecule has 2 N–H and O–H groups in total. The van der Waals surface area contributed by atoms with Gasteiger partial charge in [0, 0.05) is 36.0 Å². The van der Waals surface area contributed by atoms with Crippen LogP contribution in [0.4, 0.5) is 5.69 Å². The Morgan fingerprint density at radius 2 is 2.25 bits per heavy atom. The fraction of sp³-hybridized carbons (Fsp3) is 0.133. The Balaban J connectivity index is 1.65. The van der Waals surface area contributed by atoms with Crippen LogP contribution in [0.3, 0.4) is 0 Å². The number of nitro benzene ring substituents is 1. The molecule has 0 saturated heterocycles. The summed E-state index contributed by atoms with van der Waals surface area (Å²) in [5.74, 6) is 0.123. The molecule has 1 aromatic carbocycles. The number of carbonyl (C=O) groups is 1. The van der Waals surface area contributed by atoms with E-state index in [9.17, 15) is 14.9 Å². The van der Waals surface area contributed by atoms with Crippen LogP contribution in [0.25, 0.3) is 11.4 Å². The van der Waals surface area contributed by atoms with Gasteiger partial charge in [-0.2, -0.15) is 0 Å². The van der Waals surface area contributed by atoms with Crippen molar-refractivity contribution in [2.24, 2.45) is 0 Å². The lowest BCUT2D eigenvalue weighted by molar-refractivity contribution is -0.384. The number of non-ortho nitro benzene ring substituents is 1. The van der Waals surface area contributed by atoms with Crippen molar-refractivity contribution >= 4 is 22.9 Å². The number of amides is 1. The van der Waals surface area contributed by atoms with E-state index in [1.54, 1.807) is 17.6 Å². The summed E-state index contributed by atoms with van der Waals surface area (Å²) in [5.41, 5.74) is 3.50. The predicted octanol–water partition coefficient (Wildman–Crippen LogP) is 2.41. The van der Waals surface area contributed by atoms with Gasteiger partial charge in [0.1, 0.15) is 11.5 Å². The molecule has 2 heterocycles. The van der Waals surface area contributed by atoms with Gasteiger partial charge in [-0.3, -0.25) is 14.9 Å². The minimum atomic E-state index is -0.474. The maximum absolute atomic E-state index is 12.1. The van der Waals surface area contributed by atoms with Crippen molar-refractivity contribution in [3.63, 3.8) is 0 Å². The van der Waals surface area contributed by atoms with E-state index in [-0.39, 0.29) is 11.6 Å².